The Labute approximate surface area is 156 Å². The van der Waals surface area contributed by atoms with E-state index in [9.17, 15) is 10.1 Å². The normalized spacial score (nSPS) is 12.5. The van der Waals surface area contributed by atoms with Crippen molar-refractivity contribution in [2.45, 2.75) is 12.8 Å². The highest BCUT2D eigenvalue weighted by molar-refractivity contribution is 6.32. The molecule has 1 aliphatic heterocycles. The van der Waals surface area contributed by atoms with Crippen molar-refractivity contribution in [1.29, 1.82) is 5.26 Å². The van der Waals surface area contributed by atoms with Gasteiger partial charge < -0.3 is 14.8 Å². The molecule has 1 heterocycles. The molecule has 0 radical (unpaired) electrons. The highest BCUT2D eigenvalue weighted by Gasteiger charge is 2.17. The highest BCUT2D eigenvalue weighted by atomic mass is 35.5. The van der Waals surface area contributed by atoms with Gasteiger partial charge in [0.2, 0.25) is 6.79 Å². The number of carbonyl (C=O) groups is 1. The minimum atomic E-state index is -0.422. The van der Waals surface area contributed by atoms with Crippen LogP contribution in [0.4, 0.5) is 0 Å². The van der Waals surface area contributed by atoms with Crippen molar-refractivity contribution in [3.05, 3.63) is 64.2 Å². The molecule has 2 aromatic carbocycles. The van der Waals surface area contributed by atoms with E-state index in [2.05, 4.69) is 5.32 Å². The maximum absolute atomic E-state index is 12.2. The summed E-state index contributed by atoms with van der Waals surface area (Å²) < 4.78 is 10.5. The van der Waals surface area contributed by atoms with Gasteiger partial charge in [-0.3, -0.25) is 4.79 Å². The van der Waals surface area contributed by atoms with Crippen LogP contribution in [0.2, 0.25) is 5.02 Å². The third kappa shape index (κ3) is 4.35. The van der Waals surface area contributed by atoms with Gasteiger partial charge in [-0.25, -0.2) is 0 Å². The summed E-state index contributed by atoms with van der Waals surface area (Å²) in [5.41, 5.74) is 1.74. The second-order valence-corrected chi connectivity index (χ2v) is 6.15. The van der Waals surface area contributed by atoms with Crippen molar-refractivity contribution in [2.75, 3.05) is 13.3 Å². The Hall–Kier alpha value is -2.97. The van der Waals surface area contributed by atoms with E-state index in [4.69, 9.17) is 21.1 Å². The molecule has 0 fully saturated rings. The van der Waals surface area contributed by atoms with E-state index in [0.29, 0.717) is 28.6 Å². The van der Waals surface area contributed by atoms with Crippen LogP contribution < -0.4 is 14.8 Å². The monoisotopic (exact) mass is 368 g/mol. The Kier molecular flexibility index (Phi) is 5.77. The van der Waals surface area contributed by atoms with E-state index in [1.165, 1.54) is 11.6 Å². The number of amides is 1. The van der Waals surface area contributed by atoms with Crippen LogP contribution in [-0.4, -0.2) is 19.2 Å². The van der Waals surface area contributed by atoms with Crippen molar-refractivity contribution >= 4 is 23.6 Å². The van der Waals surface area contributed by atoms with Gasteiger partial charge in [0.15, 0.2) is 11.5 Å². The Morgan fingerprint density at radius 2 is 1.96 bits per heavy atom. The van der Waals surface area contributed by atoms with Gasteiger partial charge in [-0.15, -0.1) is 0 Å². The molecule has 0 atom stereocenters. The molecule has 0 spiro atoms. The quantitative estimate of drug-likeness (QED) is 0.479. The SMILES string of the molecule is N#C/C(=C/c1cc2c(cc1Cl)OCO2)C(=O)NCCCc1ccccc1. The number of hydrogen-bond donors (Lipinski definition) is 1. The summed E-state index contributed by atoms with van der Waals surface area (Å²) in [4.78, 5) is 12.2. The van der Waals surface area contributed by atoms with Crippen LogP contribution in [0.1, 0.15) is 17.5 Å². The summed E-state index contributed by atoms with van der Waals surface area (Å²) in [6, 6.07) is 15.2. The molecule has 26 heavy (non-hydrogen) atoms. The number of nitriles is 1. The first kappa shape index (κ1) is 17.8. The Bertz CT molecular complexity index is 873. The zero-order chi connectivity index (χ0) is 18.4. The first-order valence-electron chi connectivity index (χ1n) is 8.20. The second kappa shape index (κ2) is 8.41. The van der Waals surface area contributed by atoms with Crippen molar-refractivity contribution in [3.63, 3.8) is 0 Å². The molecule has 3 rings (SSSR count). The van der Waals surface area contributed by atoms with E-state index in [1.807, 2.05) is 36.4 Å². The van der Waals surface area contributed by atoms with Crippen molar-refractivity contribution in [1.82, 2.24) is 5.32 Å². The van der Waals surface area contributed by atoms with Gasteiger partial charge in [-0.05, 0) is 36.1 Å². The van der Waals surface area contributed by atoms with Gasteiger partial charge in [-0.2, -0.15) is 5.26 Å². The van der Waals surface area contributed by atoms with Gasteiger partial charge in [0, 0.05) is 12.6 Å². The average Bonchev–Trinajstić information content (AvgIpc) is 3.11. The molecule has 1 aliphatic rings. The number of hydrogen-bond acceptors (Lipinski definition) is 4. The molecule has 132 valence electrons. The van der Waals surface area contributed by atoms with Gasteiger partial charge in [0.25, 0.3) is 5.91 Å². The van der Waals surface area contributed by atoms with Crippen LogP contribution >= 0.6 is 11.6 Å². The minimum Gasteiger partial charge on any atom is -0.454 e. The molecule has 0 bridgehead atoms. The zero-order valence-electron chi connectivity index (χ0n) is 14.0. The maximum atomic E-state index is 12.2. The summed E-state index contributed by atoms with van der Waals surface area (Å²) in [6.07, 6.45) is 3.11. The van der Waals surface area contributed by atoms with Crippen LogP contribution in [0.5, 0.6) is 11.5 Å². The van der Waals surface area contributed by atoms with Crippen LogP contribution in [0.3, 0.4) is 0 Å². The standard InChI is InChI=1S/C20H17ClN2O3/c21-17-11-19-18(25-13-26-19)10-15(17)9-16(12-22)20(24)23-8-4-7-14-5-2-1-3-6-14/h1-3,5-6,9-11H,4,7-8,13H2,(H,23,24)/b16-9-. The second-order valence-electron chi connectivity index (χ2n) is 5.74. The molecule has 0 unspecified atom stereocenters. The lowest BCUT2D eigenvalue weighted by atomic mass is 10.1. The molecule has 1 N–H and O–H groups in total. The van der Waals surface area contributed by atoms with Crippen LogP contribution in [0.25, 0.3) is 6.08 Å². The van der Waals surface area contributed by atoms with Crippen LogP contribution in [0, 0.1) is 11.3 Å². The van der Waals surface area contributed by atoms with Gasteiger partial charge >= 0.3 is 0 Å². The number of halogens is 1. The molecular formula is C20H17ClN2O3. The lowest BCUT2D eigenvalue weighted by Gasteiger charge is -2.06. The van der Waals surface area contributed by atoms with Gasteiger partial charge in [0.05, 0.1) is 5.02 Å². The van der Waals surface area contributed by atoms with Crippen molar-refractivity contribution in [2.24, 2.45) is 0 Å². The fourth-order valence-corrected chi connectivity index (χ4v) is 2.79. The predicted molar refractivity (Wildman–Crippen MR) is 98.9 cm³/mol. The molecule has 0 saturated carbocycles. The summed E-state index contributed by atoms with van der Waals surface area (Å²) in [5.74, 6) is 0.673. The maximum Gasteiger partial charge on any atom is 0.261 e. The Morgan fingerprint density at radius 1 is 1.23 bits per heavy atom. The van der Waals surface area contributed by atoms with E-state index >= 15 is 0 Å². The number of aryl methyl sites for hydroxylation is 1. The molecular weight excluding hydrogens is 352 g/mol. The summed E-state index contributed by atoms with van der Waals surface area (Å²) in [5, 5.41) is 12.5. The fourth-order valence-electron chi connectivity index (χ4n) is 2.58. The molecule has 0 saturated heterocycles. The summed E-state index contributed by atoms with van der Waals surface area (Å²) >= 11 is 6.19. The topological polar surface area (TPSA) is 71.3 Å². The minimum absolute atomic E-state index is 0.00882. The number of benzene rings is 2. The number of carbonyl (C=O) groups excluding carboxylic acids is 1. The van der Waals surface area contributed by atoms with Crippen LogP contribution in [-0.2, 0) is 11.2 Å². The Morgan fingerprint density at radius 3 is 2.69 bits per heavy atom. The fraction of sp³-hybridized carbons (Fsp3) is 0.200. The summed E-state index contributed by atoms with van der Waals surface area (Å²) in [6.45, 7) is 0.619. The van der Waals surface area contributed by atoms with Crippen LogP contribution in [0.15, 0.2) is 48.0 Å². The average molecular weight is 369 g/mol. The number of rotatable bonds is 6. The predicted octanol–water partition coefficient (Wildman–Crippen LogP) is 3.72. The van der Waals surface area contributed by atoms with E-state index in [0.717, 1.165) is 12.8 Å². The number of nitrogens with zero attached hydrogens (tertiary/aromatic N) is 1. The first-order chi connectivity index (χ1) is 12.7. The Balaban J connectivity index is 1.60. The number of fused-ring (bicyclic) bond motifs is 1. The largest absolute Gasteiger partial charge is 0.454 e. The third-order valence-corrected chi connectivity index (χ3v) is 4.25. The summed E-state index contributed by atoms with van der Waals surface area (Å²) in [7, 11) is 0. The third-order valence-electron chi connectivity index (χ3n) is 3.93. The van der Waals surface area contributed by atoms with Crippen molar-refractivity contribution in [3.8, 4) is 17.6 Å². The molecule has 1 amide bonds. The molecule has 6 heteroatoms. The molecule has 2 aromatic rings. The van der Waals surface area contributed by atoms with Crippen molar-refractivity contribution < 1.29 is 14.3 Å². The van der Waals surface area contributed by atoms with E-state index in [1.54, 1.807) is 12.1 Å². The van der Waals surface area contributed by atoms with E-state index in [-0.39, 0.29) is 12.4 Å². The van der Waals surface area contributed by atoms with Gasteiger partial charge in [-0.1, -0.05) is 41.9 Å². The lowest BCUT2D eigenvalue weighted by Crippen LogP contribution is -2.25. The smallest absolute Gasteiger partial charge is 0.261 e. The van der Waals surface area contributed by atoms with Gasteiger partial charge in [0.1, 0.15) is 11.6 Å². The molecule has 0 aliphatic carbocycles. The van der Waals surface area contributed by atoms with E-state index < -0.39 is 5.91 Å². The lowest BCUT2D eigenvalue weighted by molar-refractivity contribution is -0.117. The molecule has 5 nitrogen and oxygen atoms in total. The number of ether oxygens (including phenoxy) is 2. The number of nitrogens with one attached hydrogen (secondary N) is 1. The zero-order valence-corrected chi connectivity index (χ0v) is 14.8. The first-order valence-corrected chi connectivity index (χ1v) is 8.58. The molecule has 0 aromatic heterocycles. The highest BCUT2D eigenvalue weighted by Crippen LogP contribution is 2.37.